The summed E-state index contributed by atoms with van der Waals surface area (Å²) < 4.78 is 1.89. The fourth-order valence-corrected chi connectivity index (χ4v) is 4.42. The molecule has 0 aliphatic carbocycles. The topological polar surface area (TPSA) is 79.3 Å². The lowest BCUT2D eigenvalue weighted by Crippen LogP contribution is -2.39. The molecule has 2 amide bonds. The highest BCUT2D eigenvalue weighted by molar-refractivity contribution is 5.94. The molecule has 3 aromatic rings. The highest BCUT2D eigenvalue weighted by atomic mass is 16.2. The van der Waals surface area contributed by atoms with Gasteiger partial charge in [-0.25, -0.2) is 4.68 Å². The van der Waals surface area contributed by atoms with Crippen molar-refractivity contribution in [3.63, 3.8) is 0 Å². The highest BCUT2D eigenvalue weighted by Gasteiger charge is 2.30. The molecule has 2 aromatic carbocycles. The predicted molar refractivity (Wildman–Crippen MR) is 132 cm³/mol. The molecule has 1 aromatic heterocycles. The molecule has 7 nitrogen and oxygen atoms in total. The summed E-state index contributed by atoms with van der Waals surface area (Å²) in [6.45, 7) is 6.91. The van der Waals surface area contributed by atoms with E-state index in [0.717, 1.165) is 53.4 Å². The van der Waals surface area contributed by atoms with E-state index in [2.05, 4.69) is 28.5 Å². The zero-order valence-corrected chi connectivity index (χ0v) is 19.5. The molecule has 0 unspecified atom stereocenters. The molecule has 0 radical (unpaired) electrons. The molecule has 33 heavy (non-hydrogen) atoms. The van der Waals surface area contributed by atoms with Crippen molar-refractivity contribution >= 4 is 29.0 Å². The van der Waals surface area contributed by atoms with E-state index in [4.69, 9.17) is 5.10 Å². The van der Waals surface area contributed by atoms with Crippen LogP contribution in [0, 0.1) is 12.8 Å². The van der Waals surface area contributed by atoms with E-state index in [-0.39, 0.29) is 17.7 Å². The first-order valence-corrected chi connectivity index (χ1v) is 11.5. The summed E-state index contributed by atoms with van der Waals surface area (Å²) in [5, 5.41) is 10.8. The minimum absolute atomic E-state index is 0.0513. The van der Waals surface area contributed by atoms with E-state index in [1.54, 1.807) is 0 Å². The van der Waals surface area contributed by atoms with Crippen LogP contribution in [-0.4, -0.2) is 34.7 Å². The first kappa shape index (κ1) is 22.6. The summed E-state index contributed by atoms with van der Waals surface area (Å²) in [4.78, 5) is 27.1. The molecular weight excluding hydrogens is 414 g/mol. The maximum atomic E-state index is 13.0. The number of rotatable bonds is 6. The van der Waals surface area contributed by atoms with Crippen molar-refractivity contribution in [1.29, 1.82) is 0 Å². The Bertz CT molecular complexity index is 1130. The van der Waals surface area contributed by atoms with Crippen LogP contribution >= 0.6 is 0 Å². The Morgan fingerprint density at radius 1 is 1.00 bits per heavy atom. The smallest absolute Gasteiger partial charge is 0.227 e. The third kappa shape index (κ3) is 4.92. The van der Waals surface area contributed by atoms with Crippen molar-refractivity contribution < 1.29 is 9.59 Å². The van der Waals surface area contributed by atoms with Gasteiger partial charge in [-0.2, -0.15) is 5.10 Å². The van der Waals surface area contributed by atoms with Crippen LogP contribution in [0.3, 0.4) is 0 Å². The van der Waals surface area contributed by atoms with Gasteiger partial charge in [0.05, 0.1) is 11.4 Å². The number of aromatic nitrogens is 2. The van der Waals surface area contributed by atoms with Crippen molar-refractivity contribution in [3.8, 4) is 5.69 Å². The van der Waals surface area contributed by atoms with Crippen molar-refractivity contribution in [2.45, 2.75) is 40.0 Å². The number of hydrogen-bond donors (Lipinski definition) is 2. The Balaban J connectivity index is 1.53. The predicted octanol–water partition coefficient (Wildman–Crippen LogP) is 4.56. The maximum absolute atomic E-state index is 13.0. The number of para-hydroxylation sites is 2. The molecule has 0 bridgehead atoms. The van der Waals surface area contributed by atoms with Crippen LogP contribution in [0.25, 0.3) is 5.69 Å². The van der Waals surface area contributed by atoms with E-state index in [1.165, 1.54) is 6.92 Å². The molecule has 0 spiro atoms. The molecule has 2 N–H and O–H groups in total. The van der Waals surface area contributed by atoms with E-state index in [0.29, 0.717) is 13.1 Å². The minimum Gasteiger partial charge on any atom is -0.355 e. The molecule has 172 valence electrons. The maximum Gasteiger partial charge on any atom is 0.227 e. The highest BCUT2D eigenvalue weighted by Crippen LogP contribution is 2.35. The Morgan fingerprint density at radius 3 is 2.33 bits per heavy atom. The van der Waals surface area contributed by atoms with Crippen LogP contribution in [0.5, 0.6) is 0 Å². The average Bonchev–Trinajstić information content (AvgIpc) is 3.15. The average molecular weight is 446 g/mol. The fourth-order valence-electron chi connectivity index (χ4n) is 4.42. The van der Waals surface area contributed by atoms with Crippen LogP contribution in [0.1, 0.15) is 37.9 Å². The van der Waals surface area contributed by atoms with Crippen LogP contribution in [0.15, 0.2) is 54.6 Å². The SMILES string of the molecule is CCc1ccccc1NC(=O)C1CCN(c2c(NC(C)=O)c(C)nn2-c2ccccc2)CC1. The van der Waals surface area contributed by atoms with Gasteiger partial charge in [0, 0.05) is 31.6 Å². The first-order chi connectivity index (χ1) is 16.0. The van der Waals surface area contributed by atoms with Gasteiger partial charge in [-0.15, -0.1) is 0 Å². The third-order valence-electron chi connectivity index (χ3n) is 6.16. The van der Waals surface area contributed by atoms with Gasteiger partial charge in [0.25, 0.3) is 0 Å². The third-order valence-corrected chi connectivity index (χ3v) is 6.16. The number of nitrogens with one attached hydrogen (secondary N) is 2. The zero-order chi connectivity index (χ0) is 23.4. The van der Waals surface area contributed by atoms with Crippen molar-refractivity contribution in [3.05, 3.63) is 65.9 Å². The first-order valence-electron chi connectivity index (χ1n) is 11.5. The lowest BCUT2D eigenvalue weighted by Gasteiger charge is -2.33. The molecule has 1 saturated heterocycles. The Morgan fingerprint density at radius 2 is 1.67 bits per heavy atom. The van der Waals surface area contributed by atoms with E-state index in [1.807, 2.05) is 60.1 Å². The Hall–Kier alpha value is -3.61. The normalized spacial score (nSPS) is 14.2. The van der Waals surface area contributed by atoms with Gasteiger partial charge in [0.15, 0.2) is 5.82 Å². The van der Waals surface area contributed by atoms with E-state index >= 15 is 0 Å². The zero-order valence-electron chi connectivity index (χ0n) is 19.5. The number of nitrogens with zero attached hydrogens (tertiary/aromatic N) is 3. The minimum atomic E-state index is -0.129. The second-order valence-electron chi connectivity index (χ2n) is 8.47. The summed E-state index contributed by atoms with van der Waals surface area (Å²) in [5.41, 5.74) is 4.47. The summed E-state index contributed by atoms with van der Waals surface area (Å²) in [5.74, 6) is 0.759. The Kier molecular flexibility index (Phi) is 6.77. The van der Waals surface area contributed by atoms with Crippen LogP contribution in [0.2, 0.25) is 0 Å². The number of hydrogen-bond acceptors (Lipinski definition) is 4. The van der Waals surface area contributed by atoms with Crippen molar-refractivity contribution in [1.82, 2.24) is 9.78 Å². The number of amides is 2. The summed E-state index contributed by atoms with van der Waals surface area (Å²) in [6.07, 6.45) is 2.35. The largest absolute Gasteiger partial charge is 0.355 e. The monoisotopic (exact) mass is 445 g/mol. The molecular formula is C26H31N5O2. The number of piperidine rings is 1. The van der Waals surface area contributed by atoms with Crippen LogP contribution in [-0.2, 0) is 16.0 Å². The molecule has 1 aliphatic rings. The van der Waals surface area contributed by atoms with Crippen molar-refractivity contribution in [2.75, 3.05) is 28.6 Å². The van der Waals surface area contributed by atoms with Gasteiger partial charge in [0.1, 0.15) is 5.69 Å². The van der Waals surface area contributed by atoms with Gasteiger partial charge >= 0.3 is 0 Å². The number of carbonyl (C=O) groups excluding carboxylic acids is 2. The Labute approximate surface area is 194 Å². The second-order valence-corrected chi connectivity index (χ2v) is 8.47. The van der Waals surface area contributed by atoms with Gasteiger partial charge < -0.3 is 15.5 Å². The van der Waals surface area contributed by atoms with Crippen LogP contribution < -0.4 is 15.5 Å². The van der Waals surface area contributed by atoms with E-state index in [9.17, 15) is 9.59 Å². The molecule has 2 heterocycles. The van der Waals surface area contributed by atoms with Gasteiger partial charge in [-0.1, -0.05) is 43.3 Å². The molecule has 1 fully saturated rings. The van der Waals surface area contributed by atoms with Gasteiger partial charge in [-0.3, -0.25) is 9.59 Å². The summed E-state index contributed by atoms with van der Waals surface area (Å²) in [7, 11) is 0. The lowest BCUT2D eigenvalue weighted by atomic mass is 9.95. The van der Waals surface area contributed by atoms with E-state index < -0.39 is 0 Å². The standard InChI is InChI=1S/C26H31N5O2/c1-4-20-10-8-9-13-23(20)28-25(33)21-14-16-30(17-15-21)26-24(27-19(3)32)18(2)29-31(26)22-11-6-5-7-12-22/h5-13,21H,4,14-17H2,1-3H3,(H,27,32)(H,28,33). The summed E-state index contributed by atoms with van der Waals surface area (Å²) >= 11 is 0. The quantitative estimate of drug-likeness (QED) is 0.583. The van der Waals surface area contributed by atoms with Gasteiger partial charge in [0.2, 0.25) is 11.8 Å². The van der Waals surface area contributed by atoms with Gasteiger partial charge in [-0.05, 0) is 49.9 Å². The van der Waals surface area contributed by atoms with Crippen molar-refractivity contribution in [2.24, 2.45) is 5.92 Å². The fraction of sp³-hybridized carbons (Fsp3) is 0.346. The van der Waals surface area contributed by atoms with Crippen LogP contribution in [0.4, 0.5) is 17.2 Å². The second kappa shape index (κ2) is 9.90. The summed E-state index contributed by atoms with van der Waals surface area (Å²) in [6, 6.07) is 17.9. The molecule has 7 heteroatoms. The number of benzene rings is 2. The molecule has 1 aliphatic heterocycles. The lowest BCUT2D eigenvalue weighted by molar-refractivity contribution is -0.120. The number of carbonyl (C=O) groups is 2. The number of aryl methyl sites for hydroxylation is 2. The molecule has 0 atom stereocenters. The number of anilines is 3. The molecule has 4 rings (SSSR count). The molecule has 0 saturated carbocycles.